The van der Waals surface area contributed by atoms with Gasteiger partial charge in [0, 0.05) is 23.8 Å². The molecule has 0 aromatic carbocycles. The second-order valence-electron chi connectivity index (χ2n) is 6.22. The molecule has 0 aromatic heterocycles. The maximum Gasteiger partial charge on any atom is 0.334 e. The Morgan fingerprint density at radius 1 is 1.37 bits per heavy atom. The second kappa shape index (κ2) is 4.44. The molecule has 2 aliphatic heterocycles. The Morgan fingerprint density at radius 2 is 2.11 bits per heavy atom. The van der Waals surface area contributed by atoms with Crippen LogP contribution in [0.2, 0.25) is 0 Å². The predicted molar refractivity (Wildman–Crippen MR) is 68.4 cm³/mol. The molecule has 0 N–H and O–H groups in total. The van der Waals surface area contributed by atoms with Crippen LogP contribution in [0.5, 0.6) is 0 Å². The first-order chi connectivity index (χ1) is 8.97. The summed E-state index contributed by atoms with van der Waals surface area (Å²) < 4.78 is 11.3. The van der Waals surface area contributed by atoms with E-state index in [0.717, 1.165) is 12.8 Å². The summed E-state index contributed by atoms with van der Waals surface area (Å²) in [7, 11) is 0. The van der Waals surface area contributed by atoms with Crippen LogP contribution in [0.4, 0.5) is 0 Å². The van der Waals surface area contributed by atoms with E-state index >= 15 is 0 Å². The van der Waals surface area contributed by atoms with E-state index in [4.69, 9.17) is 9.47 Å². The number of hydrogen-bond donors (Lipinski definition) is 0. The van der Waals surface area contributed by atoms with Crippen LogP contribution in [0.3, 0.4) is 0 Å². The van der Waals surface area contributed by atoms with Gasteiger partial charge in [-0.2, -0.15) is 0 Å². The van der Waals surface area contributed by atoms with Crippen molar-refractivity contribution in [1.82, 2.24) is 0 Å². The second-order valence-corrected chi connectivity index (χ2v) is 6.22. The zero-order valence-electron chi connectivity index (χ0n) is 11.4. The molecule has 4 nitrogen and oxygen atoms in total. The molecule has 3 rings (SSSR count). The number of Topliss-reactive ketones (excluding diaryl/α,β-unsaturated/α-hetero) is 1. The van der Waals surface area contributed by atoms with Gasteiger partial charge < -0.3 is 9.47 Å². The number of esters is 1. The quantitative estimate of drug-likeness (QED) is 0.564. The van der Waals surface area contributed by atoms with E-state index in [1.165, 1.54) is 0 Å². The van der Waals surface area contributed by atoms with Gasteiger partial charge >= 0.3 is 5.97 Å². The minimum absolute atomic E-state index is 0.0396. The van der Waals surface area contributed by atoms with Crippen LogP contribution >= 0.6 is 0 Å². The van der Waals surface area contributed by atoms with Crippen LogP contribution in [0.1, 0.15) is 33.1 Å². The number of ketones is 1. The van der Waals surface area contributed by atoms with E-state index in [2.05, 4.69) is 13.5 Å². The van der Waals surface area contributed by atoms with Crippen LogP contribution in [0, 0.1) is 17.8 Å². The molecule has 3 fully saturated rings. The Bertz CT molecular complexity index is 441. The largest absolute Gasteiger partial charge is 0.458 e. The van der Waals surface area contributed by atoms with Gasteiger partial charge in [-0.25, -0.2) is 4.79 Å². The number of fused-ring (bicyclic) bond motifs is 2. The molecule has 2 saturated heterocycles. The summed E-state index contributed by atoms with van der Waals surface area (Å²) in [6, 6.07) is 0. The lowest BCUT2D eigenvalue weighted by molar-refractivity contribution is -0.203. The van der Waals surface area contributed by atoms with Crippen molar-refractivity contribution in [1.29, 1.82) is 0 Å². The van der Waals surface area contributed by atoms with Crippen molar-refractivity contribution in [2.45, 2.75) is 51.4 Å². The third-order valence-electron chi connectivity index (χ3n) is 4.86. The van der Waals surface area contributed by atoms with E-state index in [1.54, 1.807) is 6.92 Å². The van der Waals surface area contributed by atoms with Gasteiger partial charge in [-0.15, -0.1) is 0 Å². The molecule has 2 heterocycles. The number of ether oxygens (including phenoxy) is 2. The fourth-order valence-corrected chi connectivity index (χ4v) is 3.92. The maximum absolute atomic E-state index is 11.6. The SMILES string of the molecule is C=C1C(=O)O[C@@H]2C[C@H](C)[C@H]3[C@H](CC(C)=O)O[C@@H]3C[C@H]12. The number of carbonyl (C=O) groups is 2. The van der Waals surface area contributed by atoms with Gasteiger partial charge in [0.15, 0.2) is 0 Å². The molecule has 0 unspecified atom stereocenters. The van der Waals surface area contributed by atoms with Crippen LogP contribution in [0.25, 0.3) is 0 Å². The minimum atomic E-state index is -0.250. The topological polar surface area (TPSA) is 52.6 Å². The van der Waals surface area contributed by atoms with Crippen molar-refractivity contribution < 1.29 is 19.1 Å². The predicted octanol–water partition coefficient (Wildman–Crippen LogP) is 1.88. The summed E-state index contributed by atoms with van der Waals surface area (Å²) in [5.41, 5.74) is 0.594. The Kier molecular flexibility index (Phi) is 3.01. The van der Waals surface area contributed by atoms with Crippen LogP contribution < -0.4 is 0 Å². The standard InChI is InChI=1S/C15H20O4/c1-7-4-11-10(9(3)15(17)19-11)6-13-14(7)12(18-13)5-8(2)16/h7,10-14H,3-6H2,1-2H3/t7-,10+,11+,12-,13+,14-/m0/s1. The lowest BCUT2D eigenvalue weighted by Gasteiger charge is -2.47. The third kappa shape index (κ3) is 2.02. The normalized spacial score (nSPS) is 44.7. The zero-order chi connectivity index (χ0) is 13.7. The first-order valence-corrected chi connectivity index (χ1v) is 7.02. The number of carbonyl (C=O) groups excluding carboxylic acids is 2. The van der Waals surface area contributed by atoms with E-state index in [1.807, 2.05) is 0 Å². The molecule has 0 spiro atoms. The molecule has 0 bridgehead atoms. The molecule has 6 atom stereocenters. The number of hydrogen-bond acceptors (Lipinski definition) is 4. The summed E-state index contributed by atoms with van der Waals surface area (Å²) in [6.07, 6.45) is 2.33. The Morgan fingerprint density at radius 3 is 2.79 bits per heavy atom. The van der Waals surface area contributed by atoms with Gasteiger partial charge in [0.25, 0.3) is 0 Å². The van der Waals surface area contributed by atoms with Crippen molar-refractivity contribution in [3.05, 3.63) is 12.2 Å². The lowest BCUT2D eigenvalue weighted by Crippen LogP contribution is -2.52. The summed E-state index contributed by atoms with van der Waals surface area (Å²) in [4.78, 5) is 22.8. The molecule has 19 heavy (non-hydrogen) atoms. The highest BCUT2D eigenvalue weighted by Gasteiger charge is 2.53. The summed E-state index contributed by atoms with van der Waals surface area (Å²) in [5, 5.41) is 0. The Labute approximate surface area is 113 Å². The van der Waals surface area contributed by atoms with Crippen molar-refractivity contribution in [3.8, 4) is 0 Å². The van der Waals surface area contributed by atoms with Crippen molar-refractivity contribution >= 4 is 11.8 Å². The molecule has 3 aliphatic rings. The smallest absolute Gasteiger partial charge is 0.334 e. The van der Waals surface area contributed by atoms with Gasteiger partial charge in [0.05, 0.1) is 12.2 Å². The van der Waals surface area contributed by atoms with E-state index in [-0.39, 0.29) is 36.0 Å². The Balaban J connectivity index is 1.75. The van der Waals surface area contributed by atoms with Crippen molar-refractivity contribution in [2.75, 3.05) is 0 Å². The monoisotopic (exact) mass is 264 g/mol. The fraction of sp³-hybridized carbons (Fsp3) is 0.733. The minimum Gasteiger partial charge on any atom is -0.458 e. The van der Waals surface area contributed by atoms with Crippen LogP contribution in [0.15, 0.2) is 12.2 Å². The lowest BCUT2D eigenvalue weighted by atomic mass is 9.76. The van der Waals surface area contributed by atoms with Crippen molar-refractivity contribution in [3.63, 3.8) is 0 Å². The van der Waals surface area contributed by atoms with Gasteiger partial charge in [-0.1, -0.05) is 13.5 Å². The summed E-state index contributed by atoms with van der Waals surface area (Å²) in [5.74, 6) is 0.859. The average Bonchev–Trinajstić information content (AvgIpc) is 2.48. The van der Waals surface area contributed by atoms with Gasteiger partial charge in [0.1, 0.15) is 11.9 Å². The van der Waals surface area contributed by atoms with Crippen LogP contribution in [-0.2, 0) is 19.1 Å². The average molecular weight is 264 g/mol. The van der Waals surface area contributed by atoms with E-state index in [0.29, 0.717) is 23.8 Å². The highest BCUT2D eigenvalue weighted by atomic mass is 16.6. The Hall–Kier alpha value is -1.16. The zero-order valence-corrected chi connectivity index (χ0v) is 11.4. The molecule has 0 radical (unpaired) electrons. The van der Waals surface area contributed by atoms with Crippen molar-refractivity contribution in [2.24, 2.45) is 17.8 Å². The summed E-state index contributed by atoms with van der Waals surface area (Å²) >= 11 is 0. The third-order valence-corrected chi connectivity index (χ3v) is 4.86. The number of rotatable bonds is 2. The highest BCUT2D eigenvalue weighted by molar-refractivity contribution is 5.90. The van der Waals surface area contributed by atoms with Gasteiger partial charge in [-0.3, -0.25) is 4.79 Å². The molecular weight excluding hydrogens is 244 g/mol. The van der Waals surface area contributed by atoms with Gasteiger partial charge in [0.2, 0.25) is 0 Å². The fourth-order valence-electron chi connectivity index (χ4n) is 3.92. The molecule has 1 aliphatic carbocycles. The van der Waals surface area contributed by atoms with Crippen LogP contribution in [-0.4, -0.2) is 30.1 Å². The molecule has 1 saturated carbocycles. The van der Waals surface area contributed by atoms with Gasteiger partial charge in [-0.05, 0) is 25.7 Å². The molecule has 104 valence electrons. The first kappa shape index (κ1) is 12.9. The molecule has 4 heteroatoms. The maximum atomic E-state index is 11.6. The molecular formula is C15H20O4. The molecule has 0 amide bonds. The summed E-state index contributed by atoms with van der Waals surface area (Å²) in [6.45, 7) is 7.63. The first-order valence-electron chi connectivity index (χ1n) is 7.02. The highest BCUT2D eigenvalue weighted by Crippen LogP contribution is 2.48. The van der Waals surface area contributed by atoms with E-state index < -0.39 is 0 Å². The van der Waals surface area contributed by atoms with E-state index in [9.17, 15) is 9.59 Å². The molecule has 0 aromatic rings.